The lowest BCUT2D eigenvalue weighted by atomic mass is 10.1. The van der Waals surface area contributed by atoms with Crippen molar-refractivity contribution in [1.82, 2.24) is 10.3 Å². The predicted octanol–water partition coefficient (Wildman–Crippen LogP) is 5.69. The zero-order chi connectivity index (χ0) is 22.1. The van der Waals surface area contributed by atoms with Gasteiger partial charge in [0.05, 0.1) is 0 Å². The van der Waals surface area contributed by atoms with Crippen molar-refractivity contribution in [2.24, 2.45) is 0 Å². The van der Waals surface area contributed by atoms with Crippen LogP contribution in [0.25, 0.3) is 22.6 Å². The number of aromatic nitrogens is 1. The molecule has 4 rings (SSSR count). The minimum Gasteiger partial charge on any atom is -0.436 e. The summed E-state index contributed by atoms with van der Waals surface area (Å²) in [5.74, 6) is -0.464. The van der Waals surface area contributed by atoms with Crippen LogP contribution in [0.15, 0.2) is 59.0 Å². The number of amides is 1. The summed E-state index contributed by atoms with van der Waals surface area (Å²) in [4.78, 5) is 16.9. The SMILES string of the molecule is Cc1cc(C)c2oc(-c3cccc(NC(=S)NC(=O)c4cccc(F)c4)c3C)nc2c1. The Morgan fingerprint density at radius 2 is 1.84 bits per heavy atom. The first-order chi connectivity index (χ1) is 14.8. The minimum absolute atomic E-state index is 0.110. The molecule has 2 N–H and O–H groups in total. The summed E-state index contributed by atoms with van der Waals surface area (Å²) in [6.45, 7) is 5.94. The number of nitrogens with zero attached hydrogens (tertiary/aromatic N) is 1. The second-order valence-electron chi connectivity index (χ2n) is 7.35. The fraction of sp³-hybridized carbons (Fsp3) is 0.125. The molecule has 5 nitrogen and oxygen atoms in total. The Morgan fingerprint density at radius 1 is 1.06 bits per heavy atom. The Hall–Kier alpha value is -3.58. The average Bonchev–Trinajstić information content (AvgIpc) is 3.13. The fourth-order valence-corrected chi connectivity index (χ4v) is 3.66. The van der Waals surface area contributed by atoms with Gasteiger partial charge in [0.25, 0.3) is 5.91 Å². The molecule has 0 saturated heterocycles. The van der Waals surface area contributed by atoms with Gasteiger partial charge in [-0.3, -0.25) is 10.1 Å². The van der Waals surface area contributed by atoms with E-state index in [1.165, 1.54) is 18.2 Å². The van der Waals surface area contributed by atoms with Crippen LogP contribution in [0, 0.1) is 26.6 Å². The van der Waals surface area contributed by atoms with E-state index in [9.17, 15) is 9.18 Å². The molecule has 0 atom stereocenters. The summed E-state index contributed by atoms with van der Waals surface area (Å²) in [7, 11) is 0. The van der Waals surface area contributed by atoms with Crippen LogP contribution in [-0.4, -0.2) is 16.0 Å². The molecule has 7 heteroatoms. The van der Waals surface area contributed by atoms with Crippen LogP contribution in [0.2, 0.25) is 0 Å². The van der Waals surface area contributed by atoms with E-state index >= 15 is 0 Å². The van der Waals surface area contributed by atoms with Gasteiger partial charge in [-0.05, 0) is 86.1 Å². The highest BCUT2D eigenvalue weighted by Gasteiger charge is 2.15. The number of hydrogen-bond acceptors (Lipinski definition) is 4. The van der Waals surface area contributed by atoms with Crippen LogP contribution < -0.4 is 10.6 Å². The number of carbonyl (C=O) groups is 1. The maximum atomic E-state index is 13.4. The van der Waals surface area contributed by atoms with Gasteiger partial charge in [-0.2, -0.15) is 0 Å². The minimum atomic E-state index is -0.490. The number of hydrogen-bond donors (Lipinski definition) is 2. The van der Waals surface area contributed by atoms with Gasteiger partial charge in [0.15, 0.2) is 10.7 Å². The zero-order valence-corrected chi connectivity index (χ0v) is 18.1. The summed E-state index contributed by atoms with van der Waals surface area (Å²) >= 11 is 5.27. The van der Waals surface area contributed by atoms with Crippen molar-refractivity contribution in [3.63, 3.8) is 0 Å². The molecular weight excluding hydrogens is 413 g/mol. The number of nitrogens with one attached hydrogen (secondary N) is 2. The van der Waals surface area contributed by atoms with E-state index in [4.69, 9.17) is 16.6 Å². The van der Waals surface area contributed by atoms with E-state index in [1.807, 2.05) is 45.0 Å². The number of anilines is 1. The van der Waals surface area contributed by atoms with Gasteiger partial charge in [0.2, 0.25) is 5.89 Å². The van der Waals surface area contributed by atoms with Gasteiger partial charge in [-0.1, -0.05) is 18.2 Å². The second-order valence-corrected chi connectivity index (χ2v) is 7.75. The highest BCUT2D eigenvalue weighted by Crippen LogP contribution is 2.32. The molecule has 0 bridgehead atoms. The molecule has 1 heterocycles. The standard InChI is InChI=1S/C24H20FN3O2S/c1-13-10-14(2)21-20(11-13)26-23(30-21)18-8-5-9-19(15(18)3)27-24(31)28-22(29)16-6-4-7-17(25)12-16/h4-12H,1-3H3,(H2,27,28,29,31). The highest BCUT2D eigenvalue weighted by molar-refractivity contribution is 7.80. The molecule has 0 unspecified atom stereocenters. The van der Waals surface area contributed by atoms with Gasteiger partial charge >= 0.3 is 0 Å². The number of halogens is 1. The van der Waals surface area contributed by atoms with Crippen molar-refractivity contribution >= 4 is 40.0 Å². The molecule has 0 aliphatic carbocycles. The van der Waals surface area contributed by atoms with Gasteiger partial charge < -0.3 is 9.73 Å². The average molecular weight is 434 g/mol. The summed E-state index contributed by atoms with van der Waals surface area (Å²) in [5.41, 5.74) is 6.30. The Morgan fingerprint density at radius 3 is 2.61 bits per heavy atom. The number of benzene rings is 3. The number of rotatable bonds is 3. The fourth-order valence-electron chi connectivity index (χ4n) is 3.45. The zero-order valence-electron chi connectivity index (χ0n) is 17.2. The van der Waals surface area contributed by atoms with Crippen molar-refractivity contribution in [2.45, 2.75) is 20.8 Å². The molecule has 1 aromatic heterocycles. The number of carbonyl (C=O) groups excluding carboxylic acids is 1. The lowest BCUT2D eigenvalue weighted by molar-refractivity contribution is 0.0977. The Labute approximate surface area is 184 Å². The van der Waals surface area contributed by atoms with Gasteiger partial charge in [-0.25, -0.2) is 9.37 Å². The van der Waals surface area contributed by atoms with Crippen molar-refractivity contribution in [3.05, 3.63) is 82.7 Å². The first-order valence-electron chi connectivity index (χ1n) is 9.67. The summed E-state index contributed by atoms with van der Waals surface area (Å²) < 4.78 is 19.4. The summed E-state index contributed by atoms with van der Waals surface area (Å²) in [5, 5.41) is 5.71. The Kier molecular flexibility index (Phi) is 5.52. The number of oxazole rings is 1. The molecule has 156 valence electrons. The lowest BCUT2D eigenvalue weighted by Crippen LogP contribution is -2.34. The first-order valence-corrected chi connectivity index (χ1v) is 10.1. The number of aryl methyl sites for hydroxylation is 2. The van der Waals surface area contributed by atoms with Crippen molar-refractivity contribution in [1.29, 1.82) is 0 Å². The molecule has 3 aromatic carbocycles. The molecule has 0 spiro atoms. The van der Waals surface area contributed by atoms with Crippen LogP contribution in [0.5, 0.6) is 0 Å². The Balaban J connectivity index is 1.57. The third-order valence-electron chi connectivity index (χ3n) is 4.95. The number of thiocarbonyl (C=S) groups is 1. The van der Waals surface area contributed by atoms with Crippen LogP contribution in [0.4, 0.5) is 10.1 Å². The maximum absolute atomic E-state index is 13.4. The largest absolute Gasteiger partial charge is 0.436 e. The molecular formula is C24H20FN3O2S. The molecule has 31 heavy (non-hydrogen) atoms. The summed E-state index contributed by atoms with van der Waals surface area (Å²) in [6, 6.07) is 15.1. The Bertz CT molecular complexity index is 1330. The van der Waals surface area contributed by atoms with Crippen molar-refractivity contribution in [2.75, 3.05) is 5.32 Å². The molecule has 0 saturated carbocycles. The quantitative estimate of drug-likeness (QED) is 0.407. The smallest absolute Gasteiger partial charge is 0.257 e. The van der Waals surface area contributed by atoms with Crippen molar-refractivity contribution in [3.8, 4) is 11.5 Å². The van der Waals surface area contributed by atoms with Crippen LogP contribution in [-0.2, 0) is 0 Å². The third kappa shape index (κ3) is 4.32. The van der Waals surface area contributed by atoms with Gasteiger partial charge in [0.1, 0.15) is 11.3 Å². The van der Waals surface area contributed by atoms with Crippen LogP contribution in [0.1, 0.15) is 27.0 Å². The van der Waals surface area contributed by atoms with Gasteiger partial charge in [-0.15, -0.1) is 0 Å². The monoisotopic (exact) mass is 433 g/mol. The molecule has 4 aromatic rings. The summed E-state index contributed by atoms with van der Waals surface area (Å²) in [6.07, 6.45) is 0. The van der Waals surface area contributed by atoms with E-state index in [-0.39, 0.29) is 10.7 Å². The first kappa shape index (κ1) is 20.7. The normalized spacial score (nSPS) is 10.8. The van der Waals surface area contributed by atoms with E-state index in [2.05, 4.69) is 21.7 Å². The van der Waals surface area contributed by atoms with E-state index in [1.54, 1.807) is 0 Å². The van der Waals surface area contributed by atoms with E-state index in [0.29, 0.717) is 11.6 Å². The molecule has 0 fully saturated rings. The molecule has 0 radical (unpaired) electrons. The lowest BCUT2D eigenvalue weighted by Gasteiger charge is -2.13. The van der Waals surface area contributed by atoms with Crippen LogP contribution >= 0.6 is 12.2 Å². The van der Waals surface area contributed by atoms with E-state index < -0.39 is 11.7 Å². The predicted molar refractivity (Wildman–Crippen MR) is 124 cm³/mol. The third-order valence-corrected chi connectivity index (χ3v) is 5.15. The van der Waals surface area contributed by atoms with Gasteiger partial charge in [0, 0.05) is 16.8 Å². The van der Waals surface area contributed by atoms with E-state index in [0.717, 1.165) is 39.4 Å². The number of fused-ring (bicyclic) bond motifs is 1. The topological polar surface area (TPSA) is 67.2 Å². The maximum Gasteiger partial charge on any atom is 0.257 e. The highest BCUT2D eigenvalue weighted by atomic mass is 32.1. The molecule has 0 aliphatic rings. The molecule has 0 aliphatic heterocycles. The second kappa shape index (κ2) is 8.28. The van der Waals surface area contributed by atoms with Crippen molar-refractivity contribution < 1.29 is 13.6 Å². The molecule has 1 amide bonds. The van der Waals surface area contributed by atoms with Crippen LogP contribution in [0.3, 0.4) is 0 Å².